The van der Waals surface area contributed by atoms with Gasteiger partial charge in [0, 0.05) is 44.5 Å². The largest absolute Gasteiger partial charge is 0.573 e. The van der Waals surface area contributed by atoms with E-state index < -0.39 is 91.1 Å². The van der Waals surface area contributed by atoms with Crippen molar-refractivity contribution in [3.63, 3.8) is 0 Å². The fraction of sp³-hybridized carbons (Fsp3) is 0.0417. The van der Waals surface area contributed by atoms with Gasteiger partial charge in [-0.05, 0) is 40.5 Å². The summed E-state index contributed by atoms with van der Waals surface area (Å²) in [5, 5.41) is 63.5. The molecule has 5 aromatic rings. The van der Waals surface area contributed by atoms with Crippen LogP contribution in [0.3, 0.4) is 0 Å². The summed E-state index contributed by atoms with van der Waals surface area (Å²) in [5.74, 6) is -2.75. The van der Waals surface area contributed by atoms with E-state index in [1.165, 1.54) is 60.7 Å². The normalized spacial score (nSPS) is 14.2. The van der Waals surface area contributed by atoms with Gasteiger partial charge >= 0.3 is 12.7 Å². The van der Waals surface area contributed by atoms with Crippen molar-refractivity contribution >= 4 is 56.0 Å². The molecular formula is C48H16F6N8O2. The van der Waals surface area contributed by atoms with Gasteiger partial charge in [-0.15, -0.1) is 26.3 Å². The maximum Gasteiger partial charge on any atom is 0.573 e. The summed E-state index contributed by atoms with van der Waals surface area (Å²) < 4.78 is 100. The Hall–Kier alpha value is -9.84. The standard InChI is InChI=1S/C48H16F6N8O2/c1-61-31-16-30(17-32(18-31)62-2)34(22-58)40-38(28-11-7-4-8-12-28)36(24-60)42-44(40)46(64-48(52,53)54)41-35(23-59)37(27-9-5-3-6-10-27)39(43(41)45(42)63-47(49,50)51)33(21-57)29-14-25(19-55)13-26(15-29)20-56/h3-18H/b39-33+,40-34+. The molecule has 0 unspecified atom stereocenters. The quantitative estimate of drug-likeness (QED) is 0.0923. The minimum atomic E-state index is -5.71. The number of allylic oxidation sites excluding steroid dienone is 8. The lowest BCUT2D eigenvalue weighted by Crippen LogP contribution is -2.22. The average Bonchev–Trinajstić information content (AvgIpc) is 3.81. The molecule has 0 heterocycles. The van der Waals surface area contributed by atoms with Crippen LogP contribution < -0.4 is 9.47 Å². The molecule has 0 saturated carbocycles. The molecule has 10 nitrogen and oxygen atoms in total. The van der Waals surface area contributed by atoms with E-state index in [0.717, 1.165) is 36.4 Å². The van der Waals surface area contributed by atoms with Crippen molar-refractivity contribution in [2.75, 3.05) is 0 Å². The van der Waals surface area contributed by atoms with Gasteiger partial charge in [0.05, 0.1) is 58.7 Å². The van der Waals surface area contributed by atoms with E-state index in [1.807, 2.05) is 24.3 Å². The van der Waals surface area contributed by atoms with Crippen LogP contribution >= 0.6 is 0 Å². The molecule has 0 amide bonds. The van der Waals surface area contributed by atoms with Crippen LogP contribution in [-0.4, -0.2) is 12.7 Å². The topological polar surface area (TPSA) is 170 Å². The molecule has 7 rings (SSSR count). The predicted octanol–water partition coefficient (Wildman–Crippen LogP) is 12.1. The average molecular weight is 851 g/mol. The highest BCUT2D eigenvalue weighted by molar-refractivity contribution is 6.36. The van der Waals surface area contributed by atoms with Crippen LogP contribution in [0.2, 0.25) is 0 Å². The third kappa shape index (κ3) is 7.36. The zero-order chi connectivity index (χ0) is 46.1. The fourth-order valence-corrected chi connectivity index (χ4v) is 7.65. The smallest absolute Gasteiger partial charge is 0.404 e. The molecule has 0 fully saturated rings. The lowest BCUT2D eigenvalue weighted by Gasteiger charge is -2.24. The van der Waals surface area contributed by atoms with Gasteiger partial charge in [-0.3, -0.25) is 0 Å². The van der Waals surface area contributed by atoms with E-state index in [9.17, 15) is 31.6 Å². The van der Waals surface area contributed by atoms with Crippen molar-refractivity contribution in [1.29, 1.82) is 31.6 Å². The van der Waals surface area contributed by atoms with Gasteiger partial charge in [-0.25, -0.2) is 9.69 Å². The Morgan fingerprint density at radius 3 is 1.17 bits per heavy atom. The highest BCUT2D eigenvalue weighted by Crippen LogP contribution is 2.65. The molecule has 16 heteroatoms. The van der Waals surface area contributed by atoms with Gasteiger partial charge in [0.25, 0.3) is 0 Å². The van der Waals surface area contributed by atoms with Crippen molar-refractivity contribution in [3.05, 3.63) is 176 Å². The molecule has 64 heavy (non-hydrogen) atoms. The molecule has 0 spiro atoms. The van der Waals surface area contributed by atoms with Crippen LogP contribution in [0.1, 0.15) is 55.6 Å². The molecule has 0 saturated heterocycles. The highest BCUT2D eigenvalue weighted by atomic mass is 19.4. The second-order valence-corrected chi connectivity index (χ2v) is 13.4. The first kappa shape index (κ1) is 42.3. The summed E-state index contributed by atoms with van der Waals surface area (Å²) in [6, 6.07) is 31.9. The van der Waals surface area contributed by atoms with Gasteiger partial charge in [0.15, 0.2) is 11.4 Å². The summed E-state index contributed by atoms with van der Waals surface area (Å²) in [6.45, 7) is 15.2. The molecule has 0 atom stereocenters. The second kappa shape index (κ2) is 16.3. The lowest BCUT2D eigenvalue weighted by atomic mass is 9.85. The maximum absolute atomic E-state index is 15.1. The van der Waals surface area contributed by atoms with Crippen molar-refractivity contribution < 1.29 is 35.8 Å². The minimum Gasteiger partial charge on any atom is -0.404 e. The van der Waals surface area contributed by atoms with Crippen LogP contribution in [0, 0.1) is 81.1 Å². The lowest BCUT2D eigenvalue weighted by molar-refractivity contribution is -0.277. The molecule has 5 aromatic carbocycles. The van der Waals surface area contributed by atoms with Crippen LogP contribution in [0.5, 0.6) is 11.5 Å². The number of rotatable bonds is 6. The zero-order valence-electron chi connectivity index (χ0n) is 31.9. The van der Waals surface area contributed by atoms with E-state index in [4.69, 9.17) is 22.6 Å². The molecule has 0 aliphatic heterocycles. The Labute approximate surface area is 358 Å². The molecule has 0 N–H and O–H groups in total. The van der Waals surface area contributed by atoms with Gasteiger partial charge in [-0.1, -0.05) is 78.9 Å². The number of hydrogen-bond acceptors (Lipinski definition) is 8. The summed E-state index contributed by atoms with van der Waals surface area (Å²) in [7, 11) is 0. The number of halogens is 6. The monoisotopic (exact) mass is 850 g/mol. The third-order valence-corrected chi connectivity index (χ3v) is 9.85. The zero-order valence-corrected chi connectivity index (χ0v) is 31.9. The maximum atomic E-state index is 15.1. The summed E-state index contributed by atoms with van der Waals surface area (Å²) >= 11 is 0. The van der Waals surface area contributed by atoms with Crippen LogP contribution in [-0.2, 0) is 0 Å². The van der Waals surface area contributed by atoms with E-state index in [0.29, 0.717) is 0 Å². The van der Waals surface area contributed by atoms with E-state index in [1.54, 1.807) is 12.1 Å². The Bertz CT molecular complexity index is 3090. The molecule has 2 aliphatic rings. The van der Waals surface area contributed by atoms with Gasteiger partial charge in [0.2, 0.25) is 0 Å². The number of hydrogen-bond donors (Lipinski definition) is 0. The van der Waals surface area contributed by atoms with Crippen molar-refractivity contribution in [2.24, 2.45) is 0 Å². The molecular weight excluding hydrogens is 835 g/mol. The van der Waals surface area contributed by atoms with Crippen molar-refractivity contribution in [3.8, 4) is 47.9 Å². The SMILES string of the molecule is [C-]#[N+]c1cc([N+]#[C-])cc(/C(C#N)=C2\C(c3ccccc3)=C(C#N)c3c(OC(F)(F)F)c4c(c(OC(F)(F)F)c32)C(C#N)=C(c2ccccc2)/C4=C(/C#N)c2cc(C#N)cc(C#N)c2)c1. The van der Waals surface area contributed by atoms with Gasteiger partial charge in [0.1, 0.15) is 35.8 Å². The predicted molar refractivity (Wildman–Crippen MR) is 217 cm³/mol. The second-order valence-electron chi connectivity index (χ2n) is 13.4. The van der Waals surface area contributed by atoms with E-state index in [2.05, 4.69) is 9.69 Å². The number of alkyl halides is 6. The fourth-order valence-electron chi connectivity index (χ4n) is 7.65. The number of fused-ring (bicyclic) bond motifs is 2. The highest BCUT2D eigenvalue weighted by Gasteiger charge is 2.49. The summed E-state index contributed by atoms with van der Waals surface area (Å²) in [4.78, 5) is 6.65. The molecule has 0 aromatic heterocycles. The van der Waals surface area contributed by atoms with E-state index in [-0.39, 0.29) is 44.8 Å². The molecule has 2 aliphatic carbocycles. The number of ether oxygens (including phenoxy) is 2. The summed E-state index contributed by atoms with van der Waals surface area (Å²) in [5.41, 5.74) is -10.1. The number of nitrogens with zero attached hydrogens (tertiary/aromatic N) is 8. The Morgan fingerprint density at radius 1 is 0.484 bits per heavy atom. The van der Waals surface area contributed by atoms with E-state index >= 15 is 26.3 Å². The molecule has 302 valence electrons. The third-order valence-electron chi connectivity index (χ3n) is 9.85. The first-order chi connectivity index (χ1) is 30.6. The molecule has 0 bridgehead atoms. The Morgan fingerprint density at radius 2 is 0.859 bits per heavy atom. The molecule has 0 radical (unpaired) electrons. The first-order valence-corrected chi connectivity index (χ1v) is 18.0. The number of benzene rings is 5. The Balaban J connectivity index is 1.86. The van der Waals surface area contributed by atoms with Crippen LogP contribution in [0.25, 0.3) is 54.3 Å². The van der Waals surface area contributed by atoms with Gasteiger partial charge < -0.3 is 9.47 Å². The van der Waals surface area contributed by atoms with Crippen LogP contribution in [0.4, 0.5) is 37.7 Å². The number of nitriles is 6. The van der Waals surface area contributed by atoms with Crippen molar-refractivity contribution in [2.45, 2.75) is 12.7 Å². The van der Waals surface area contributed by atoms with Crippen LogP contribution in [0.15, 0.2) is 97.1 Å². The van der Waals surface area contributed by atoms with Crippen molar-refractivity contribution in [1.82, 2.24) is 0 Å². The summed E-state index contributed by atoms with van der Waals surface area (Å²) in [6.07, 6.45) is -11.4. The first-order valence-electron chi connectivity index (χ1n) is 18.0. The minimum absolute atomic E-state index is 0.00679. The van der Waals surface area contributed by atoms with Gasteiger partial charge in [-0.2, -0.15) is 31.6 Å². The Kier molecular flexibility index (Phi) is 10.8.